The third kappa shape index (κ3) is 2.80. The molecule has 18 heavy (non-hydrogen) atoms. The van der Waals surface area contributed by atoms with Crippen molar-refractivity contribution in [2.75, 3.05) is 14.2 Å². The normalized spacial score (nSPS) is 12.4. The summed E-state index contributed by atoms with van der Waals surface area (Å²) in [4.78, 5) is 0. The van der Waals surface area contributed by atoms with Crippen molar-refractivity contribution in [3.05, 3.63) is 23.3 Å². The monoisotopic (exact) mass is 250 g/mol. The molecule has 0 fully saturated rings. The van der Waals surface area contributed by atoms with Crippen molar-refractivity contribution >= 4 is 0 Å². The van der Waals surface area contributed by atoms with Crippen LogP contribution in [0.25, 0.3) is 0 Å². The molecule has 1 aromatic carbocycles. The van der Waals surface area contributed by atoms with E-state index in [0.29, 0.717) is 0 Å². The molecule has 0 bridgehead atoms. The van der Waals surface area contributed by atoms with Crippen LogP contribution >= 0.6 is 0 Å². The van der Waals surface area contributed by atoms with Crippen molar-refractivity contribution in [3.63, 3.8) is 0 Å². The maximum atomic E-state index is 5.60. The lowest BCUT2D eigenvalue weighted by molar-refractivity contribution is 0.336. The number of hydrogen-bond donors (Lipinski definition) is 0. The maximum absolute atomic E-state index is 5.60. The van der Waals surface area contributed by atoms with E-state index in [1.54, 1.807) is 14.2 Å². The second-order valence-corrected chi connectivity index (χ2v) is 6.73. The molecule has 102 valence electrons. The Morgan fingerprint density at radius 3 is 1.11 bits per heavy atom. The molecule has 2 nitrogen and oxygen atoms in total. The predicted molar refractivity (Wildman–Crippen MR) is 76.9 cm³/mol. The highest BCUT2D eigenvalue weighted by molar-refractivity contribution is 5.56. The largest absolute Gasteiger partial charge is 0.493 e. The van der Waals surface area contributed by atoms with Crippen LogP contribution in [0.4, 0.5) is 0 Å². The summed E-state index contributed by atoms with van der Waals surface area (Å²) < 4.78 is 11.2. The summed E-state index contributed by atoms with van der Waals surface area (Å²) >= 11 is 0. The summed E-state index contributed by atoms with van der Waals surface area (Å²) in [6.07, 6.45) is 0. The molecule has 0 aliphatic heterocycles. The van der Waals surface area contributed by atoms with Gasteiger partial charge in [0.15, 0.2) is 11.5 Å². The fourth-order valence-corrected chi connectivity index (χ4v) is 2.15. The van der Waals surface area contributed by atoms with Crippen LogP contribution in [0.2, 0.25) is 0 Å². The summed E-state index contributed by atoms with van der Waals surface area (Å²) in [6.45, 7) is 13.1. The van der Waals surface area contributed by atoms with E-state index in [9.17, 15) is 0 Å². The van der Waals surface area contributed by atoms with E-state index in [-0.39, 0.29) is 10.8 Å². The lowest BCUT2D eigenvalue weighted by Gasteiger charge is -2.28. The first-order valence-corrected chi connectivity index (χ1v) is 6.39. The minimum Gasteiger partial charge on any atom is -0.493 e. The van der Waals surface area contributed by atoms with E-state index < -0.39 is 0 Å². The number of methoxy groups -OCH3 is 2. The second kappa shape index (κ2) is 4.83. The molecule has 0 spiro atoms. The van der Waals surface area contributed by atoms with Crippen molar-refractivity contribution in [2.45, 2.75) is 52.4 Å². The molecule has 0 atom stereocenters. The lowest BCUT2D eigenvalue weighted by Crippen LogP contribution is -2.18. The Morgan fingerprint density at radius 2 is 0.944 bits per heavy atom. The van der Waals surface area contributed by atoms with Crippen molar-refractivity contribution in [3.8, 4) is 11.5 Å². The van der Waals surface area contributed by atoms with Gasteiger partial charge in [-0.25, -0.2) is 0 Å². The first-order valence-electron chi connectivity index (χ1n) is 6.39. The van der Waals surface area contributed by atoms with Crippen LogP contribution in [0.5, 0.6) is 11.5 Å². The minimum atomic E-state index is 0.0367. The van der Waals surface area contributed by atoms with Gasteiger partial charge >= 0.3 is 0 Å². The van der Waals surface area contributed by atoms with Gasteiger partial charge in [0, 0.05) is 11.1 Å². The molecule has 2 heteroatoms. The smallest absolute Gasteiger partial charge is 0.164 e. The zero-order valence-electron chi connectivity index (χ0n) is 13.0. The van der Waals surface area contributed by atoms with E-state index >= 15 is 0 Å². The number of hydrogen-bond acceptors (Lipinski definition) is 2. The molecular weight excluding hydrogens is 224 g/mol. The van der Waals surface area contributed by atoms with Gasteiger partial charge in [-0.3, -0.25) is 0 Å². The van der Waals surface area contributed by atoms with Crippen LogP contribution in [-0.2, 0) is 10.8 Å². The van der Waals surface area contributed by atoms with Crippen molar-refractivity contribution in [2.24, 2.45) is 0 Å². The summed E-state index contributed by atoms with van der Waals surface area (Å²) in [5.41, 5.74) is 2.43. The van der Waals surface area contributed by atoms with Gasteiger partial charge in [0.25, 0.3) is 0 Å². The van der Waals surface area contributed by atoms with Crippen LogP contribution in [0, 0.1) is 0 Å². The third-order valence-corrected chi connectivity index (χ3v) is 3.14. The standard InChI is InChI=1S/C16H26O2/c1-15(2,3)11-9-10-12(16(4,5)6)14(18-8)13(11)17-7/h9-10H,1-8H3. The molecular formula is C16H26O2. The highest BCUT2D eigenvalue weighted by Gasteiger charge is 2.27. The van der Waals surface area contributed by atoms with E-state index in [1.165, 1.54) is 11.1 Å². The molecule has 1 aromatic rings. The first-order chi connectivity index (χ1) is 8.12. The van der Waals surface area contributed by atoms with Gasteiger partial charge in [-0.15, -0.1) is 0 Å². The molecule has 0 N–H and O–H groups in total. The van der Waals surface area contributed by atoms with Gasteiger partial charge in [-0.2, -0.15) is 0 Å². The van der Waals surface area contributed by atoms with Crippen molar-refractivity contribution < 1.29 is 9.47 Å². The third-order valence-electron chi connectivity index (χ3n) is 3.14. The number of benzene rings is 1. The van der Waals surface area contributed by atoms with Crippen LogP contribution < -0.4 is 9.47 Å². The summed E-state index contributed by atoms with van der Waals surface area (Å²) in [6, 6.07) is 4.31. The number of rotatable bonds is 2. The summed E-state index contributed by atoms with van der Waals surface area (Å²) in [5.74, 6) is 1.72. The molecule has 0 unspecified atom stereocenters. The highest BCUT2D eigenvalue weighted by atomic mass is 16.5. The first kappa shape index (κ1) is 14.9. The van der Waals surface area contributed by atoms with E-state index in [4.69, 9.17) is 9.47 Å². The summed E-state index contributed by atoms with van der Waals surface area (Å²) in [7, 11) is 3.42. The van der Waals surface area contributed by atoms with Gasteiger partial charge in [0.1, 0.15) is 0 Å². The molecule has 0 aliphatic carbocycles. The average molecular weight is 250 g/mol. The Labute approximate surface area is 111 Å². The topological polar surface area (TPSA) is 18.5 Å². The Bertz CT molecular complexity index is 379. The molecule has 0 heterocycles. The Kier molecular flexibility index (Phi) is 3.99. The van der Waals surface area contributed by atoms with E-state index in [0.717, 1.165) is 11.5 Å². The maximum Gasteiger partial charge on any atom is 0.164 e. The molecule has 0 saturated carbocycles. The molecule has 0 aliphatic rings. The zero-order valence-corrected chi connectivity index (χ0v) is 13.0. The Balaban J connectivity index is 3.57. The van der Waals surface area contributed by atoms with Crippen LogP contribution in [0.3, 0.4) is 0 Å². The minimum absolute atomic E-state index is 0.0367. The van der Waals surface area contributed by atoms with Gasteiger partial charge in [-0.05, 0) is 10.8 Å². The second-order valence-electron chi connectivity index (χ2n) is 6.73. The van der Waals surface area contributed by atoms with Crippen LogP contribution in [0.1, 0.15) is 52.7 Å². The molecule has 0 saturated heterocycles. The van der Waals surface area contributed by atoms with Gasteiger partial charge in [-0.1, -0.05) is 53.7 Å². The molecule has 0 amide bonds. The van der Waals surface area contributed by atoms with Crippen molar-refractivity contribution in [1.29, 1.82) is 0 Å². The molecule has 0 aromatic heterocycles. The fourth-order valence-electron chi connectivity index (χ4n) is 2.15. The predicted octanol–water partition coefficient (Wildman–Crippen LogP) is 4.30. The molecule has 1 rings (SSSR count). The van der Waals surface area contributed by atoms with Crippen molar-refractivity contribution in [1.82, 2.24) is 0 Å². The summed E-state index contributed by atoms with van der Waals surface area (Å²) in [5, 5.41) is 0. The zero-order chi connectivity index (χ0) is 14.1. The highest BCUT2D eigenvalue weighted by Crippen LogP contribution is 2.44. The van der Waals surface area contributed by atoms with Crippen LogP contribution in [-0.4, -0.2) is 14.2 Å². The number of ether oxygens (including phenoxy) is 2. The molecule has 0 radical (unpaired) electrons. The quantitative estimate of drug-likeness (QED) is 0.779. The Morgan fingerprint density at radius 1 is 0.667 bits per heavy atom. The Hall–Kier alpha value is -1.18. The van der Waals surface area contributed by atoms with Crippen LogP contribution in [0.15, 0.2) is 12.1 Å². The average Bonchev–Trinajstić information content (AvgIpc) is 2.24. The van der Waals surface area contributed by atoms with E-state index in [2.05, 4.69) is 53.7 Å². The van der Waals surface area contributed by atoms with Gasteiger partial charge in [0.2, 0.25) is 0 Å². The van der Waals surface area contributed by atoms with E-state index in [1.807, 2.05) is 0 Å². The van der Waals surface area contributed by atoms with Gasteiger partial charge < -0.3 is 9.47 Å². The lowest BCUT2D eigenvalue weighted by atomic mass is 9.81. The van der Waals surface area contributed by atoms with Gasteiger partial charge in [0.05, 0.1) is 14.2 Å². The fraction of sp³-hybridized carbons (Fsp3) is 0.625. The SMILES string of the molecule is COc1c(C(C)(C)C)ccc(C(C)(C)C)c1OC.